The zero-order chi connectivity index (χ0) is 27.0. The van der Waals surface area contributed by atoms with Crippen LogP contribution in [0, 0.1) is 5.92 Å². The van der Waals surface area contributed by atoms with Crippen LogP contribution >= 0.6 is 0 Å². The molecule has 0 amide bonds. The summed E-state index contributed by atoms with van der Waals surface area (Å²) in [4.78, 5) is 26.2. The predicted molar refractivity (Wildman–Crippen MR) is 142 cm³/mol. The topological polar surface area (TPSA) is 148 Å². The van der Waals surface area contributed by atoms with Crippen molar-refractivity contribution < 1.29 is 34.7 Å². The summed E-state index contributed by atoms with van der Waals surface area (Å²) in [5, 5.41) is 54.5. The molecule has 0 spiro atoms. The summed E-state index contributed by atoms with van der Waals surface area (Å²) in [5.41, 5.74) is 0.973. The number of Topliss-reactive ketones (excluding diaryl/α,β-unsaturated/α-hetero) is 1. The van der Waals surface area contributed by atoms with Gasteiger partial charge in [0.15, 0.2) is 11.2 Å². The number of phenolic OH excluding ortho intramolecular Hbond substituents is 5. The van der Waals surface area contributed by atoms with Crippen molar-refractivity contribution in [3.8, 4) is 28.7 Å². The van der Waals surface area contributed by atoms with E-state index in [4.69, 9.17) is 4.42 Å². The molecule has 0 bridgehead atoms. The Morgan fingerprint density at radius 1 is 0.789 bits per heavy atom. The minimum Gasteiger partial charge on any atom is -0.507 e. The molecular weight excluding hydrogens is 488 g/mol. The first-order chi connectivity index (χ1) is 18.1. The highest BCUT2D eigenvalue weighted by molar-refractivity contribution is 6.17. The Morgan fingerprint density at radius 2 is 1.45 bits per heavy atom. The number of carbonyl (C=O) groups excluding carboxylic acids is 1. The van der Waals surface area contributed by atoms with Gasteiger partial charge < -0.3 is 29.9 Å². The first kappa shape index (κ1) is 23.7. The highest BCUT2D eigenvalue weighted by atomic mass is 16.3. The van der Waals surface area contributed by atoms with Gasteiger partial charge in [-0.2, -0.15) is 0 Å². The fourth-order valence-corrected chi connectivity index (χ4v) is 6.37. The van der Waals surface area contributed by atoms with Crippen molar-refractivity contribution in [2.45, 2.75) is 32.1 Å². The molecule has 6 rings (SSSR count). The highest BCUT2D eigenvalue weighted by Gasteiger charge is 2.39. The van der Waals surface area contributed by atoms with Crippen LogP contribution in [0.1, 0.15) is 53.6 Å². The standard InChI is InChI=1S/C30H24O8/c1-12(9-17(34)25-14(31)5-3-6-15(25)32)23-13(2)24-18(35)10-19(36)26-20(37)11-22-28(30(24)26)29(23)27-16(33)7-4-8-21(27)38-22/h3-8,10-13,23,31-33,35,37H,9H2,1-2H3/t12-,13-,23-/m1/s1. The number of hydrogen-bond acceptors (Lipinski definition) is 8. The number of hydrogen-bond donors (Lipinski definition) is 5. The predicted octanol–water partition coefficient (Wildman–Crippen LogP) is 5.74. The minimum absolute atomic E-state index is 0.0460. The molecule has 8 heteroatoms. The first-order valence-corrected chi connectivity index (χ1v) is 12.2. The third-order valence-electron chi connectivity index (χ3n) is 7.84. The largest absolute Gasteiger partial charge is 0.507 e. The minimum atomic E-state index is -0.548. The lowest BCUT2D eigenvalue weighted by molar-refractivity contribution is 0.0951. The van der Waals surface area contributed by atoms with Crippen LogP contribution in [-0.4, -0.2) is 31.3 Å². The maximum absolute atomic E-state index is 13.3. The molecule has 192 valence electrons. The lowest BCUT2D eigenvalue weighted by atomic mass is 9.67. The van der Waals surface area contributed by atoms with Crippen LogP contribution in [0.4, 0.5) is 0 Å². The molecule has 38 heavy (non-hydrogen) atoms. The van der Waals surface area contributed by atoms with Gasteiger partial charge in [-0.25, -0.2) is 0 Å². The van der Waals surface area contributed by atoms with Crippen molar-refractivity contribution in [3.05, 3.63) is 75.4 Å². The van der Waals surface area contributed by atoms with Crippen molar-refractivity contribution in [2.75, 3.05) is 0 Å². The Balaban J connectivity index is 1.67. The van der Waals surface area contributed by atoms with Gasteiger partial charge in [0.2, 0.25) is 0 Å². The summed E-state index contributed by atoms with van der Waals surface area (Å²) < 4.78 is 6.07. The number of aromatic hydroxyl groups is 5. The summed E-state index contributed by atoms with van der Waals surface area (Å²) in [6.07, 6.45) is -0.0697. The summed E-state index contributed by atoms with van der Waals surface area (Å²) >= 11 is 0. The van der Waals surface area contributed by atoms with Crippen LogP contribution < -0.4 is 5.43 Å². The SMILES string of the molecule is C[C@H](CC(=O)c1c(O)cccc1O)[C@H]1c2c3c(O)cccc3oc3cc(O)c4c(=O)cc(O)c(c4c23)[C@@H]1C. The molecule has 0 fully saturated rings. The monoisotopic (exact) mass is 512 g/mol. The maximum atomic E-state index is 13.3. The van der Waals surface area contributed by atoms with E-state index < -0.39 is 29.0 Å². The Morgan fingerprint density at radius 3 is 2.16 bits per heavy atom. The number of fused-ring (bicyclic) bond motifs is 2. The lowest BCUT2D eigenvalue weighted by Crippen LogP contribution is -2.24. The number of benzene rings is 4. The van der Waals surface area contributed by atoms with Crippen molar-refractivity contribution in [1.82, 2.24) is 0 Å². The number of carbonyl (C=O) groups is 1. The molecule has 8 nitrogen and oxygen atoms in total. The quantitative estimate of drug-likeness (QED) is 0.116. The zero-order valence-corrected chi connectivity index (χ0v) is 20.5. The van der Waals surface area contributed by atoms with E-state index >= 15 is 0 Å². The van der Waals surface area contributed by atoms with E-state index in [-0.39, 0.29) is 51.7 Å². The Kier molecular flexibility index (Phi) is 5.07. The van der Waals surface area contributed by atoms with E-state index in [9.17, 15) is 35.1 Å². The van der Waals surface area contributed by atoms with Gasteiger partial charge >= 0.3 is 0 Å². The van der Waals surface area contributed by atoms with E-state index in [0.717, 1.165) is 6.07 Å². The Bertz CT molecular complexity index is 1860. The summed E-state index contributed by atoms with van der Waals surface area (Å²) in [6.45, 7) is 3.70. The van der Waals surface area contributed by atoms with Crippen molar-refractivity contribution in [2.24, 2.45) is 5.92 Å². The van der Waals surface area contributed by atoms with Crippen LogP contribution in [0.25, 0.3) is 32.7 Å². The molecule has 1 aliphatic rings. The van der Waals surface area contributed by atoms with Gasteiger partial charge in [0, 0.05) is 34.9 Å². The maximum Gasteiger partial charge on any atom is 0.193 e. The molecule has 0 radical (unpaired) electrons. The van der Waals surface area contributed by atoms with E-state index in [0.29, 0.717) is 32.9 Å². The molecular formula is C30H24O8. The summed E-state index contributed by atoms with van der Waals surface area (Å²) in [6, 6.07) is 11.4. The van der Waals surface area contributed by atoms with Gasteiger partial charge in [-0.15, -0.1) is 0 Å². The van der Waals surface area contributed by atoms with Crippen molar-refractivity contribution in [1.29, 1.82) is 0 Å². The van der Waals surface area contributed by atoms with Gasteiger partial charge in [-0.05, 0) is 47.6 Å². The van der Waals surface area contributed by atoms with E-state index in [1.165, 1.54) is 30.3 Å². The molecule has 1 aromatic heterocycles. The first-order valence-electron chi connectivity index (χ1n) is 12.2. The molecule has 1 heterocycles. The molecule has 0 aliphatic heterocycles. The van der Waals surface area contributed by atoms with Crippen LogP contribution in [0.2, 0.25) is 0 Å². The van der Waals surface area contributed by atoms with Gasteiger partial charge in [0.05, 0.1) is 10.8 Å². The number of phenols is 5. The molecule has 0 saturated carbocycles. The highest BCUT2D eigenvalue weighted by Crippen LogP contribution is 2.56. The van der Waals surface area contributed by atoms with Crippen molar-refractivity contribution >= 4 is 38.5 Å². The normalized spacial score (nSPS) is 17.4. The van der Waals surface area contributed by atoms with Gasteiger partial charge in [0.25, 0.3) is 0 Å². The van der Waals surface area contributed by atoms with Crippen molar-refractivity contribution in [3.63, 3.8) is 0 Å². The third-order valence-corrected chi connectivity index (χ3v) is 7.84. The van der Waals surface area contributed by atoms with Crippen LogP contribution in [-0.2, 0) is 0 Å². The molecule has 0 unspecified atom stereocenters. The summed E-state index contributed by atoms with van der Waals surface area (Å²) in [7, 11) is 0. The fraction of sp³-hybridized carbons (Fsp3) is 0.200. The average molecular weight is 513 g/mol. The van der Waals surface area contributed by atoms with Crippen LogP contribution in [0.15, 0.2) is 57.7 Å². The Hall–Kier alpha value is -4.72. The molecule has 5 N–H and O–H groups in total. The van der Waals surface area contributed by atoms with Gasteiger partial charge in [-0.1, -0.05) is 26.0 Å². The van der Waals surface area contributed by atoms with Crippen LogP contribution in [0.3, 0.4) is 0 Å². The second-order valence-electron chi connectivity index (χ2n) is 10.1. The molecule has 3 atom stereocenters. The third kappa shape index (κ3) is 3.16. The second kappa shape index (κ2) is 8.14. The number of ketones is 1. The molecule has 0 saturated heterocycles. The van der Waals surface area contributed by atoms with E-state index in [1.807, 2.05) is 13.8 Å². The lowest BCUT2D eigenvalue weighted by Gasteiger charge is -2.36. The molecule has 1 aliphatic carbocycles. The zero-order valence-electron chi connectivity index (χ0n) is 20.5. The molecule has 4 aromatic carbocycles. The summed E-state index contributed by atoms with van der Waals surface area (Å²) in [5.74, 6) is -3.03. The fourth-order valence-electron chi connectivity index (χ4n) is 6.37. The second-order valence-corrected chi connectivity index (χ2v) is 10.1. The smallest absolute Gasteiger partial charge is 0.193 e. The molecule has 5 aromatic rings. The van der Waals surface area contributed by atoms with Gasteiger partial charge in [0.1, 0.15) is 45.5 Å². The van der Waals surface area contributed by atoms with E-state index in [1.54, 1.807) is 12.1 Å². The van der Waals surface area contributed by atoms with Crippen LogP contribution in [0.5, 0.6) is 28.7 Å². The van der Waals surface area contributed by atoms with E-state index in [2.05, 4.69) is 0 Å². The van der Waals surface area contributed by atoms with Gasteiger partial charge in [-0.3, -0.25) is 9.59 Å². The average Bonchev–Trinajstić information content (AvgIpc) is 2.83. The Labute approximate surface area is 215 Å². The number of rotatable bonds is 4.